The van der Waals surface area contributed by atoms with Gasteiger partial charge in [0, 0.05) is 13.1 Å². The second kappa shape index (κ2) is 21.6. The SMILES string of the molecule is CCCCCCCCCCCCCCSCC(=O)O.CN1CCC(=C2c3ccccc3C=Cc3ccccc32)CC1.Cl. The van der Waals surface area contributed by atoms with E-state index in [-0.39, 0.29) is 18.2 Å². The van der Waals surface area contributed by atoms with Crippen LogP contribution in [0.5, 0.6) is 0 Å². The molecule has 0 atom stereocenters. The van der Waals surface area contributed by atoms with E-state index in [0.717, 1.165) is 18.8 Å². The van der Waals surface area contributed by atoms with Gasteiger partial charge in [0.25, 0.3) is 0 Å². The lowest BCUT2D eigenvalue weighted by atomic mass is 9.86. The van der Waals surface area contributed by atoms with Crippen LogP contribution in [0.25, 0.3) is 17.7 Å². The molecule has 0 saturated carbocycles. The van der Waals surface area contributed by atoms with E-state index in [4.69, 9.17) is 5.11 Å². The molecule has 1 heterocycles. The number of unbranched alkanes of at least 4 members (excludes halogenated alkanes) is 11. The van der Waals surface area contributed by atoms with E-state index in [0.29, 0.717) is 0 Å². The van der Waals surface area contributed by atoms with Crippen molar-refractivity contribution in [1.29, 1.82) is 0 Å². The number of rotatable bonds is 15. The lowest BCUT2D eigenvalue weighted by molar-refractivity contribution is -0.133. The number of thioether (sulfide) groups is 1. The monoisotopic (exact) mass is 611 g/mol. The number of hydrogen-bond donors (Lipinski definition) is 1. The Hall–Kier alpha value is -2.01. The molecular weight excluding hydrogens is 558 g/mol. The molecule has 2 aromatic carbocycles. The van der Waals surface area contributed by atoms with Crippen LogP contribution in [0.2, 0.25) is 0 Å². The van der Waals surface area contributed by atoms with Crippen LogP contribution in [-0.2, 0) is 4.79 Å². The first-order chi connectivity index (χ1) is 20.1. The summed E-state index contributed by atoms with van der Waals surface area (Å²) in [6.45, 7) is 4.59. The van der Waals surface area contributed by atoms with E-state index in [1.54, 1.807) is 17.3 Å². The molecular formula is C37H54ClNO2S. The molecule has 0 spiro atoms. The van der Waals surface area contributed by atoms with E-state index < -0.39 is 5.97 Å². The Balaban J connectivity index is 0.000000291. The van der Waals surface area contributed by atoms with Gasteiger partial charge in [-0.2, -0.15) is 11.8 Å². The van der Waals surface area contributed by atoms with E-state index in [1.165, 1.54) is 118 Å². The second-order valence-corrected chi connectivity index (χ2v) is 12.7. The highest BCUT2D eigenvalue weighted by atomic mass is 35.5. The maximum absolute atomic E-state index is 10.3. The van der Waals surface area contributed by atoms with Gasteiger partial charge in [0.1, 0.15) is 0 Å². The van der Waals surface area contributed by atoms with Crippen molar-refractivity contribution in [2.45, 2.75) is 96.8 Å². The summed E-state index contributed by atoms with van der Waals surface area (Å²) in [5.41, 5.74) is 8.54. The van der Waals surface area contributed by atoms with Gasteiger partial charge in [-0.25, -0.2) is 0 Å². The zero-order valence-corrected chi connectivity index (χ0v) is 27.8. The predicted octanol–water partition coefficient (Wildman–Crippen LogP) is 10.6. The lowest BCUT2D eigenvalue weighted by Gasteiger charge is -2.27. The number of fused-ring (bicyclic) bond motifs is 2. The third kappa shape index (κ3) is 13.1. The zero-order valence-electron chi connectivity index (χ0n) is 26.1. The third-order valence-corrected chi connectivity index (χ3v) is 9.24. The van der Waals surface area contributed by atoms with Crippen LogP contribution in [0.4, 0.5) is 0 Å². The standard InChI is InChI=1S/C21H21N.C16H32O2S.ClH/c1-22-14-12-18(13-15-22)21-19-8-4-2-6-16(19)10-11-17-7-3-5-9-20(17)21;1-2-3-4-5-6-7-8-9-10-11-12-13-14-19-15-16(17)18;/h2-11H,12-15H2,1H3;2-15H2,1H3,(H,17,18);1H. The van der Waals surface area contributed by atoms with Gasteiger partial charge in [-0.3, -0.25) is 4.79 Å². The molecule has 2 aliphatic rings. The van der Waals surface area contributed by atoms with E-state index in [2.05, 4.69) is 79.6 Å². The van der Waals surface area contributed by atoms with Crippen molar-refractivity contribution < 1.29 is 9.90 Å². The first-order valence-electron chi connectivity index (χ1n) is 16.2. The van der Waals surface area contributed by atoms with Gasteiger partial charge < -0.3 is 10.0 Å². The summed E-state index contributed by atoms with van der Waals surface area (Å²) in [6.07, 6.45) is 23.2. The van der Waals surface area contributed by atoms with E-state index in [9.17, 15) is 4.79 Å². The van der Waals surface area contributed by atoms with Crippen LogP contribution in [0.1, 0.15) is 119 Å². The highest BCUT2D eigenvalue weighted by molar-refractivity contribution is 7.99. The minimum absolute atomic E-state index is 0. The number of carbonyl (C=O) groups is 1. The highest BCUT2D eigenvalue weighted by Crippen LogP contribution is 2.38. The quantitative estimate of drug-likeness (QED) is 0.174. The average molecular weight is 612 g/mol. The predicted molar refractivity (Wildman–Crippen MR) is 188 cm³/mol. The molecule has 0 unspecified atom stereocenters. The van der Waals surface area contributed by atoms with Gasteiger partial charge in [-0.1, -0.05) is 144 Å². The summed E-state index contributed by atoms with van der Waals surface area (Å²) >= 11 is 1.54. The summed E-state index contributed by atoms with van der Waals surface area (Å²) in [5, 5.41) is 8.48. The number of halogens is 1. The van der Waals surface area contributed by atoms with Gasteiger partial charge in [0.15, 0.2) is 0 Å². The number of likely N-dealkylation sites (tertiary alicyclic amines) is 1. The number of nitrogens with zero attached hydrogens (tertiary/aromatic N) is 1. The first-order valence-corrected chi connectivity index (χ1v) is 17.3. The minimum Gasteiger partial charge on any atom is -0.481 e. The fraction of sp³-hybridized carbons (Fsp3) is 0.541. The Morgan fingerprint density at radius 1 is 0.738 bits per heavy atom. The van der Waals surface area contributed by atoms with Crippen LogP contribution in [-0.4, -0.2) is 47.6 Å². The topological polar surface area (TPSA) is 40.5 Å². The van der Waals surface area contributed by atoms with Crippen molar-refractivity contribution in [2.75, 3.05) is 31.6 Å². The third-order valence-electron chi connectivity index (χ3n) is 8.21. The lowest BCUT2D eigenvalue weighted by Crippen LogP contribution is -2.27. The number of benzene rings is 2. The van der Waals surface area contributed by atoms with Gasteiger partial charge >= 0.3 is 5.97 Å². The van der Waals surface area contributed by atoms with E-state index >= 15 is 0 Å². The van der Waals surface area contributed by atoms with Crippen molar-refractivity contribution in [3.63, 3.8) is 0 Å². The molecule has 0 aromatic heterocycles. The Morgan fingerprint density at radius 3 is 1.67 bits per heavy atom. The molecule has 1 fully saturated rings. The summed E-state index contributed by atoms with van der Waals surface area (Å²) in [6, 6.07) is 17.6. The van der Waals surface area contributed by atoms with E-state index in [1.807, 2.05) is 0 Å². The van der Waals surface area contributed by atoms with Gasteiger partial charge in [-0.15, -0.1) is 12.4 Å². The molecule has 2 aromatic rings. The molecule has 42 heavy (non-hydrogen) atoms. The van der Waals surface area contributed by atoms with Crippen LogP contribution in [0.3, 0.4) is 0 Å². The number of piperidine rings is 1. The summed E-state index contributed by atoms with van der Waals surface area (Å²) in [5.74, 6) is 0.575. The molecule has 4 rings (SSSR count). The Labute approximate surface area is 266 Å². The van der Waals surface area contributed by atoms with Crippen molar-refractivity contribution in [1.82, 2.24) is 4.90 Å². The smallest absolute Gasteiger partial charge is 0.313 e. The zero-order chi connectivity index (χ0) is 29.1. The minimum atomic E-state index is -0.691. The molecule has 3 nitrogen and oxygen atoms in total. The molecule has 1 aliphatic heterocycles. The normalized spacial score (nSPS) is 14.2. The molecule has 0 amide bonds. The van der Waals surface area contributed by atoms with Crippen LogP contribution in [0.15, 0.2) is 54.1 Å². The average Bonchev–Trinajstić information content (AvgIpc) is 3.15. The number of hydrogen-bond acceptors (Lipinski definition) is 3. The maximum Gasteiger partial charge on any atom is 0.313 e. The van der Waals surface area contributed by atoms with Gasteiger partial charge in [0.2, 0.25) is 0 Å². The number of aliphatic carboxylic acids is 1. The van der Waals surface area contributed by atoms with Crippen molar-refractivity contribution in [2.24, 2.45) is 0 Å². The highest BCUT2D eigenvalue weighted by Gasteiger charge is 2.21. The second-order valence-electron chi connectivity index (χ2n) is 11.6. The maximum atomic E-state index is 10.3. The van der Waals surface area contributed by atoms with Gasteiger partial charge in [-0.05, 0) is 59.9 Å². The molecule has 1 N–H and O–H groups in total. The first kappa shape index (κ1) is 36.2. The molecule has 5 heteroatoms. The van der Waals surface area contributed by atoms with Crippen LogP contribution in [0, 0.1) is 0 Å². The molecule has 0 radical (unpaired) electrons. The summed E-state index contributed by atoms with van der Waals surface area (Å²) < 4.78 is 0. The van der Waals surface area contributed by atoms with Crippen LogP contribution >= 0.6 is 24.2 Å². The molecule has 1 aliphatic carbocycles. The summed E-state index contributed by atoms with van der Waals surface area (Å²) in [7, 11) is 2.22. The van der Waals surface area contributed by atoms with Crippen molar-refractivity contribution in [3.8, 4) is 0 Å². The fourth-order valence-electron chi connectivity index (χ4n) is 5.79. The van der Waals surface area contributed by atoms with Crippen molar-refractivity contribution >= 4 is 47.9 Å². The molecule has 1 saturated heterocycles. The van der Waals surface area contributed by atoms with Crippen LogP contribution < -0.4 is 0 Å². The molecule has 0 bridgehead atoms. The fourth-order valence-corrected chi connectivity index (χ4v) is 6.52. The number of carboxylic acid groups (broad SMARTS) is 1. The Bertz CT molecular complexity index is 1050. The van der Waals surface area contributed by atoms with Gasteiger partial charge in [0.05, 0.1) is 5.75 Å². The Kier molecular flexibility index (Phi) is 18.6. The van der Waals surface area contributed by atoms with Crippen molar-refractivity contribution in [3.05, 3.63) is 76.4 Å². The Morgan fingerprint density at radius 2 is 1.19 bits per heavy atom. The largest absolute Gasteiger partial charge is 0.481 e. The number of carboxylic acids is 1. The molecule has 232 valence electrons. The summed E-state index contributed by atoms with van der Waals surface area (Å²) in [4.78, 5) is 12.7.